The number of nitrogens with one attached hydrogen (secondary N) is 1. The van der Waals surface area contributed by atoms with Crippen molar-refractivity contribution >= 4 is 17.6 Å². The van der Waals surface area contributed by atoms with E-state index in [9.17, 15) is 4.79 Å². The normalized spacial score (nSPS) is 13.7. The number of hydrogen-bond donors (Lipinski definition) is 1. The third-order valence-corrected chi connectivity index (χ3v) is 3.76. The number of nitrogens with zero attached hydrogens (tertiary/aromatic N) is 3. The second-order valence-electron chi connectivity index (χ2n) is 4.95. The fraction of sp³-hybridized carbons (Fsp3) is 0.267. The number of benzene rings is 1. The summed E-state index contributed by atoms with van der Waals surface area (Å²) in [6.45, 7) is 1.73. The van der Waals surface area contributed by atoms with Crippen LogP contribution in [0.3, 0.4) is 0 Å². The van der Waals surface area contributed by atoms with Gasteiger partial charge in [0, 0.05) is 36.3 Å². The van der Waals surface area contributed by atoms with Gasteiger partial charge in [-0.2, -0.15) is 0 Å². The Hall–Kier alpha value is -2.14. The molecule has 3 rings (SSSR count). The Bertz CT molecular complexity index is 644. The van der Waals surface area contributed by atoms with Gasteiger partial charge in [0.15, 0.2) is 0 Å². The maximum atomic E-state index is 12.2. The maximum absolute atomic E-state index is 12.2. The molecule has 5 nitrogen and oxygen atoms in total. The lowest BCUT2D eigenvalue weighted by Gasteiger charge is -2.27. The van der Waals surface area contributed by atoms with Crippen molar-refractivity contribution in [3.8, 4) is 0 Å². The van der Waals surface area contributed by atoms with Crippen LogP contribution in [-0.4, -0.2) is 27.4 Å². The van der Waals surface area contributed by atoms with E-state index in [-0.39, 0.29) is 6.03 Å². The molecular weight excluding hydrogens is 288 g/mol. The monoisotopic (exact) mass is 302 g/mol. The average Bonchev–Trinajstić information content (AvgIpc) is 2.53. The Morgan fingerprint density at radius 1 is 1.33 bits per heavy atom. The molecule has 1 aromatic heterocycles. The van der Waals surface area contributed by atoms with Crippen molar-refractivity contribution in [2.45, 2.75) is 19.5 Å². The van der Waals surface area contributed by atoms with Crippen LogP contribution >= 0.6 is 11.6 Å². The summed E-state index contributed by atoms with van der Waals surface area (Å²) in [5.74, 6) is 0. The standard InChI is InChI=1S/C15H15ClN4O/c16-13-3-1-11(2-4-13)7-18-15(21)20-6-5-14-12(9-20)8-17-10-19-14/h1-4,8,10H,5-7,9H2,(H,18,21). The minimum Gasteiger partial charge on any atom is -0.334 e. The first-order chi connectivity index (χ1) is 10.2. The largest absolute Gasteiger partial charge is 0.334 e. The van der Waals surface area contributed by atoms with Crippen molar-refractivity contribution in [2.24, 2.45) is 0 Å². The van der Waals surface area contributed by atoms with Gasteiger partial charge >= 0.3 is 6.03 Å². The summed E-state index contributed by atoms with van der Waals surface area (Å²) in [7, 11) is 0. The van der Waals surface area contributed by atoms with Crippen LogP contribution in [0.4, 0.5) is 4.79 Å². The first kappa shape index (κ1) is 13.8. The molecule has 0 bridgehead atoms. The topological polar surface area (TPSA) is 58.1 Å². The fourth-order valence-electron chi connectivity index (χ4n) is 2.33. The minimum absolute atomic E-state index is 0.0700. The Balaban J connectivity index is 1.58. The van der Waals surface area contributed by atoms with E-state index in [4.69, 9.17) is 11.6 Å². The molecule has 1 aromatic carbocycles. The van der Waals surface area contributed by atoms with E-state index in [1.165, 1.54) is 0 Å². The zero-order valence-electron chi connectivity index (χ0n) is 11.4. The zero-order valence-corrected chi connectivity index (χ0v) is 12.2. The third kappa shape index (κ3) is 3.31. The zero-order chi connectivity index (χ0) is 14.7. The molecule has 1 aliphatic rings. The first-order valence-corrected chi connectivity index (χ1v) is 7.15. The summed E-state index contributed by atoms with van der Waals surface area (Å²) in [5.41, 5.74) is 3.07. The van der Waals surface area contributed by atoms with Gasteiger partial charge in [-0.25, -0.2) is 14.8 Å². The highest BCUT2D eigenvalue weighted by Crippen LogP contribution is 2.15. The van der Waals surface area contributed by atoms with Gasteiger partial charge in [-0.15, -0.1) is 0 Å². The van der Waals surface area contributed by atoms with Crippen LogP contribution < -0.4 is 5.32 Å². The van der Waals surface area contributed by atoms with Crippen molar-refractivity contribution in [3.05, 3.63) is 58.6 Å². The van der Waals surface area contributed by atoms with Gasteiger partial charge in [0.2, 0.25) is 0 Å². The first-order valence-electron chi connectivity index (χ1n) is 6.77. The molecule has 2 aromatic rings. The van der Waals surface area contributed by atoms with E-state index >= 15 is 0 Å². The Morgan fingerprint density at radius 3 is 2.95 bits per heavy atom. The lowest BCUT2D eigenvalue weighted by molar-refractivity contribution is 0.191. The number of amides is 2. The number of halogens is 1. The molecule has 1 N–H and O–H groups in total. The van der Waals surface area contributed by atoms with Crippen LogP contribution in [0.25, 0.3) is 0 Å². The van der Waals surface area contributed by atoms with Gasteiger partial charge in [0.1, 0.15) is 6.33 Å². The quantitative estimate of drug-likeness (QED) is 0.927. The summed E-state index contributed by atoms with van der Waals surface area (Å²) in [6.07, 6.45) is 4.10. The highest BCUT2D eigenvalue weighted by molar-refractivity contribution is 6.30. The highest BCUT2D eigenvalue weighted by Gasteiger charge is 2.21. The highest BCUT2D eigenvalue weighted by atomic mass is 35.5. The average molecular weight is 303 g/mol. The van der Waals surface area contributed by atoms with Crippen LogP contribution in [0.5, 0.6) is 0 Å². The van der Waals surface area contributed by atoms with Crippen molar-refractivity contribution in [1.82, 2.24) is 20.2 Å². The van der Waals surface area contributed by atoms with E-state index in [0.717, 1.165) is 23.2 Å². The van der Waals surface area contributed by atoms with Crippen LogP contribution in [0.1, 0.15) is 16.8 Å². The minimum atomic E-state index is -0.0700. The number of rotatable bonds is 2. The number of carbonyl (C=O) groups is 1. The second kappa shape index (κ2) is 6.10. The fourth-order valence-corrected chi connectivity index (χ4v) is 2.46. The van der Waals surface area contributed by atoms with Crippen molar-refractivity contribution in [1.29, 1.82) is 0 Å². The SMILES string of the molecule is O=C(NCc1ccc(Cl)cc1)N1CCc2ncncc2C1. The molecule has 2 amide bonds. The van der Waals surface area contributed by atoms with E-state index in [2.05, 4.69) is 15.3 Å². The van der Waals surface area contributed by atoms with E-state index in [0.29, 0.717) is 24.7 Å². The lowest BCUT2D eigenvalue weighted by Crippen LogP contribution is -2.42. The van der Waals surface area contributed by atoms with E-state index in [1.54, 1.807) is 17.4 Å². The molecule has 6 heteroatoms. The Kier molecular flexibility index (Phi) is 4.01. The summed E-state index contributed by atoms with van der Waals surface area (Å²) in [5, 5.41) is 3.61. The molecule has 0 radical (unpaired) electrons. The predicted molar refractivity (Wildman–Crippen MR) is 79.8 cm³/mol. The molecule has 108 valence electrons. The van der Waals surface area contributed by atoms with Gasteiger partial charge in [-0.1, -0.05) is 23.7 Å². The van der Waals surface area contributed by atoms with Crippen molar-refractivity contribution in [3.63, 3.8) is 0 Å². The van der Waals surface area contributed by atoms with Gasteiger partial charge in [-0.3, -0.25) is 0 Å². The number of urea groups is 1. The molecule has 0 saturated heterocycles. The van der Waals surface area contributed by atoms with Crippen molar-refractivity contribution < 1.29 is 4.79 Å². The van der Waals surface area contributed by atoms with Gasteiger partial charge in [-0.05, 0) is 17.7 Å². The van der Waals surface area contributed by atoms with E-state index < -0.39 is 0 Å². The lowest BCUT2D eigenvalue weighted by atomic mass is 10.1. The molecular formula is C15H15ClN4O. The van der Waals surface area contributed by atoms with Crippen molar-refractivity contribution in [2.75, 3.05) is 6.54 Å². The molecule has 0 spiro atoms. The molecule has 21 heavy (non-hydrogen) atoms. The molecule has 1 aliphatic heterocycles. The number of carbonyl (C=O) groups excluding carboxylic acids is 1. The van der Waals surface area contributed by atoms with Crippen LogP contribution in [0, 0.1) is 0 Å². The molecule has 0 saturated carbocycles. The third-order valence-electron chi connectivity index (χ3n) is 3.51. The van der Waals surface area contributed by atoms with Crippen LogP contribution in [0.2, 0.25) is 5.02 Å². The van der Waals surface area contributed by atoms with Gasteiger partial charge in [0.25, 0.3) is 0 Å². The van der Waals surface area contributed by atoms with Crippen LogP contribution in [-0.2, 0) is 19.5 Å². The summed E-state index contributed by atoms with van der Waals surface area (Å²) >= 11 is 5.84. The van der Waals surface area contributed by atoms with E-state index in [1.807, 2.05) is 24.3 Å². The van der Waals surface area contributed by atoms with Crippen LogP contribution in [0.15, 0.2) is 36.8 Å². The molecule has 0 aliphatic carbocycles. The number of fused-ring (bicyclic) bond motifs is 1. The van der Waals surface area contributed by atoms with Gasteiger partial charge < -0.3 is 10.2 Å². The molecule has 2 heterocycles. The molecule has 0 atom stereocenters. The Labute approximate surface area is 128 Å². The summed E-state index contributed by atoms with van der Waals surface area (Å²) < 4.78 is 0. The number of aromatic nitrogens is 2. The molecule has 0 unspecified atom stereocenters. The predicted octanol–water partition coefficient (Wildman–Crippen LogP) is 2.40. The Morgan fingerprint density at radius 2 is 2.14 bits per heavy atom. The number of hydrogen-bond acceptors (Lipinski definition) is 3. The smallest absolute Gasteiger partial charge is 0.317 e. The maximum Gasteiger partial charge on any atom is 0.317 e. The van der Waals surface area contributed by atoms with Gasteiger partial charge in [0.05, 0.1) is 12.2 Å². The summed E-state index contributed by atoms with van der Waals surface area (Å²) in [6, 6.07) is 7.37. The second-order valence-corrected chi connectivity index (χ2v) is 5.39. The summed E-state index contributed by atoms with van der Waals surface area (Å²) in [4.78, 5) is 22.2. The molecule has 0 fully saturated rings.